The fraction of sp³-hybridized carbons (Fsp3) is 0.583. The van der Waals surface area contributed by atoms with Crippen molar-refractivity contribution in [3.63, 3.8) is 0 Å². The number of aromatic nitrogens is 2. The molecule has 3 heterocycles. The molecule has 1 aromatic carbocycles. The highest BCUT2D eigenvalue weighted by Crippen LogP contribution is 2.51. The van der Waals surface area contributed by atoms with Gasteiger partial charge in [-0.15, -0.1) is 0 Å². The second-order valence-electron chi connectivity index (χ2n) is 14.4. The zero-order valence-corrected chi connectivity index (χ0v) is 28.1. The summed E-state index contributed by atoms with van der Waals surface area (Å²) in [7, 11) is 2.10. The summed E-state index contributed by atoms with van der Waals surface area (Å²) >= 11 is 0. The molecule has 2 fully saturated rings. The van der Waals surface area contributed by atoms with Crippen LogP contribution in [-0.2, 0) is 17.6 Å². The van der Waals surface area contributed by atoms with Gasteiger partial charge in [-0.25, -0.2) is 4.79 Å². The first-order valence-electron chi connectivity index (χ1n) is 16.6. The Morgan fingerprint density at radius 2 is 1.91 bits per heavy atom. The van der Waals surface area contributed by atoms with Gasteiger partial charge in [0, 0.05) is 31.2 Å². The number of benzene rings is 1. The number of ketones is 1. The van der Waals surface area contributed by atoms with Gasteiger partial charge < -0.3 is 24.2 Å². The number of piperazine rings is 1. The van der Waals surface area contributed by atoms with Gasteiger partial charge in [0.15, 0.2) is 5.78 Å². The second kappa shape index (κ2) is 12.3. The molecule has 1 amide bonds. The summed E-state index contributed by atoms with van der Waals surface area (Å²) in [5.41, 5.74) is 4.62. The minimum atomic E-state index is -0.668. The van der Waals surface area contributed by atoms with Gasteiger partial charge in [-0.3, -0.25) is 4.79 Å². The van der Waals surface area contributed by atoms with Crippen LogP contribution in [0.2, 0.25) is 0 Å². The monoisotopic (exact) mass is 626 g/mol. The number of likely N-dealkylation sites (N-methyl/N-ethyl adjacent to an activating group) is 1. The standard InChI is InChI=1S/C36H46N6O4/c1-23-24(2)36(20-25-10-7-8-12-28(23)25)15-13-29-30(31(36)43)38-33(45-22-27-11-9-17-40(27)6)39-32(29)41-18-19-42(26(21-41)14-16-37)34(44)46-35(3,4)5/h7-8,10,12,26-27H,9,11,13-15,17-22H2,1-6H3/t26-,27-,36-/m0/s1. The maximum Gasteiger partial charge on any atom is 0.410 e. The molecule has 6 rings (SSSR count). The molecule has 0 unspecified atom stereocenters. The van der Waals surface area contributed by atoms with Crippen LogP contribution in [0, 0.1) is 16.7 Å². The van der Waals surface area contributed by atoms with E-state index >= 15 is 0 Å². The molecule has 244 valence electrons. The Morgan fingerprint density at radius 3 is 2.63 bits per heavy atom. The fourth-order valence-corrected chi connectivity index (χ4v) is 7.71. The van der Waals surface area contributed by atoms with E-state index in [0.717, 1.165) is 36.1 Å². The molecule has 1 aromatic heterocycles. The lowest BCUT2D eigenvalue weighted by atomic mass is 9.60. The molecule has 0 N–H and O–H groups in total. The summed E-state index contributed by atoms with van der Waals surface area (Å²) < 4.78 is 12.0. The smallest absolute Gasteiger partial charge is 0.410 e. The van der Waals surface area contributed by atoms with Crippen molar-refractivity contribution in [1.29, 1.82) is 5.26 Å². The van der Waals surface area contributed by atoms with Crippen LogP contribution in [0.25, 0.3) is 5.57 Å². The van der Waals surface area contributed by atoms with Crippen LogP contribution < -0.4 is 9.64 Å². The number of nitriles is 1. The molecule has 2 aromatic rings. The molecule has 3 atom stereocenters. The van der Waals surface area contributed by atoms with E-state index in [-0.39, 0.29) is 30.3 Å². The SMILES string of the molecule is CC1=C(C)[C@]2(CCc3c(nc(OC[C@@H]4CCCN4C)nc3N3CCN(C(=O)OC(C)(C)C)[C@@H](CC#N)C3)C2=O)Cc2ccccc21. The van der Waals surface area contributed by atoms with Gasteiger partial charge in [-0.2, -0.15) is 15.2 Å². The number of allylic oxidation sites excluding steroid dienone is 2. The molecule has 2 saturated heterocycles. The Labute approximate surface area is 272 Å². The summed E-state index contributed by atoms with van der Waals surface area (Å²) in [6, 6.07) is 10.7. The predicted octanol–water partition coefficient (Wildman–Crippen LogP) is 5.45. The van der Waals surface area contributed by atoms with Crippen molar-refractivity contribution in [3.05, 3.63) is 52.2 Å². The Morgan fingerprint density at radius 1 is 1.13 bits per heavy atom. The van der Waals surface area contributed by atoms with Crippen LogP contribution in [0.1, 0.15) is 87.5 Å². The molecule has 46 heavy (non-hydrogen) atoms. The fourth-order valence-electron chi connectivity index (χ4n) is 7.71. The lowest BCUT2D eigenvalue weighted by Crippen LogP contribution is -2.56. The zero-order valence-electron chi connectivity index (χ0n) is 28.1. The molecule has 1 spiro atoms. The van der Waals surface area contributed by atoms with E-state index in [4.69, 9.17) is 19.4 Å². The van der Waals surface area contributed by atoms with E-state index in [1.54, 1.807) is 4.90 Å². The third-order valence-electron chi connectivity index (χ3n) is 10.4. The van der Waals surface area contributed by atoms with Crippen molar-refractivity contribution in [2.24, 2.45) is 5.41 Å². The van der Waals surface area contributed by atoms with Gasteiger partial charge in [0.2, 0.25) is 0 Å². The van der Waals surface area contributed by atoms with Gasteiger partial charge in [0.1, 0.15) is 23.7 Å². The molecule has 0 saturated carbocycles. The van der Waals surface area contributed by atoms with Crippen molar-refractivity contribution in [2.45, 2.75) is 90.8 Å². The first-order chi connectivity index (χ1) is 21.9. The minimum Gasteiger partial charge on any atom is -0.462 e. The van der Waals surface area contributed by atoms with E-state index in [1.165, 1.54) is 11.1 Å². The third kappa shape index (κ3) is 5.86. The number of carbonyl (C=O) groups excluding carboxylic acids is 2. The Hall–Kier alpha value is -3.97. The molecule has 10 heteroatoms. The quantitative estimate of drug-likeness (QED) is 0.427. The number of nitrogens with zero attached hydrogens (tertiary/aromatic N) is 6. The summed E-state index contributed by atoms with van der Waals surface area (Å²) in [6.45, 7) is 12.5. The number of anilines is 1. The van der Waals surface area contributed by atoms with Crippen LogP contribution in [0.4, 0.5) is 10.6 Å². The summed E-state index contributed by atoms with van der Waals surface area (Å²) in [6.07, 6.45) is 3.85. The molecule has 4 aliphatic rings. The van der Waals surface area contributed by atoms with Crippen molar-refractivity contribution in [3.8, 4) is 12.1 Å². The topological polar surface area (TPSA) is 112 Å². The third-order valence-corrected chi connectivity index (χ3v) is 10.4. The highest BCUT2D eigenvalue weighted by atomic mass is 16.6. The van der Waals surface area contributed by atoms with E-state index in [1.807, 2.05) is 26.8 Å². The number of Topliss-reactive ketones (excluding diaryl/α,β-unsaturated/α-hetero) is 1. The van der Waals surface area contributed by atoms with Crippen LogP contribution in [0.15, 0.2) is 29.8 Å². The molecule has 2 aliphatic heterocycles. The number of hydrogen-bond acceptors (Lipinski definition) is 9. The van der Waals surface area contributed by atoms with E-state index in [2.05, 4.69) is 55.0 Å². The first-order valence-corrected chi connectivity index (χ1v) is 16.6. The molecule has 0 bridgehead atoms. The zero-order chi connectivity index (χ0) is 32.8. The highest BCUT2D eigenvalue weighted by molar-refractivity contribution is 6.06. The van der Waals surface area contributed by atoms with Crippen LogP contribution in [0.3, 0.4) is 0 Å². The van der Waals surface area contributed by atoms with Gasteiger partial charge in [-0.1, -0.05) is 29.8 Å². The normalized spacial score (nSPS) is 24.9. The van der Waals surface area contributed by atoms with Gasteiger partial charge in [-0.05, 0) is 97.0 Å². The van der Waals surface area contributed by atoms with Crippen LogP contribution >= 0.6 is 0 Å². The number of amides is 1. The summed E-state index contributed by atoms with van der Waals surface area (Å²) in [5, 5.41) is 9.68. The first kappa shape index (κ1) is 32.0. The predicted molar refractivity (Wildman–Crippen MR) is 176 cm³/mol. The Kier molecular flexibility index (Phi) is 8.57. The van der Waals surface area contributed by atoms with Crippen molar-refractivity contribution >= 4 is 23.3 Å². The van der Waals surface area contributed by atoms with Crippen molar-refractivity contribution < 1.29 is 19.1 Å². The lowest BCUT2D eigenvalue weighted by Gasteiger charge is -2.44. The van der Waals surface area contributed by atoms with Crippen LogP contribution in [-0.4, -0.2) is 89.2 Å². The number of fused-ring (bicyclic) bond motifs is 2. The van der Waals surface area contributed by atoms with Gasteiger partial charge >= 0.3 is 12.1 Å². The number of ether oxygens (including phenoxy) is 2. The minimum absolute atomic E-state index is 0.0209. The number of likely N-dealkylation sites (tertiary alicyclic amines) is 1. The average Bonchev–Trinajstić information content (AvgIpc) is 3.44. The molecular weight excluding hydrogens is 580 g/mol. The molecule has 10 nitrogen and oxygen atoms in total. The van der Waals surface area contributed by atoms with Crippen LogP contribution in [0.5, 0.6) is 6.01 Å². The van der Waals surface area contributed by atoms with Gasteiger partial charge in [0.25, 0.3) is 0 Å². The maximum absolute atomic E-state index is 14.8. The molecular formula is C36H46N6O4. The second-order valence-corrected chi connectivity index (χ2v) is 14.4. The highest BCUT2D eigenvalue weighted by Gasteiger charge is 2.49. The van der Waals surface area contributed by atoms with E-state index < -0.39 is 17.1 Å². The largest absolute Gasteiger partial charge is 0.462 e. The lowest BCUT2D eigenvalue weighted by molar-refractivity contribution is 0.0144. The summed E-state index contributed by atoms with van der Waals surface area (Å²) in [5.74, 6) is 0.692. The summed E-state index contributed by atoms with van der Waals surface area (Å²) in [4.78, 5) is 43.7. The Balaban J connectivity index is 1.37. The maximum atomic E-state index is 14.8. The molecule has 0 radical (unpaired) electrons. The average molecular weight is 627 g/mol. The molecule has 2 aliphatic carbocycles. The van der Waals surface area contributed by atoms with E-state index in [0.29, 0.717) is 57.0 Å². The van der Waals surface area contributed by atoms with Gasteiger partial charge in [0.05, 0.1) is 23.9 Å². The number of carbonyl (C=O) groups is 2. The van der Waals surface area contributed by atoms with Crippen molar-refractivity contribution in [2.75, 3.05) is 44.7 Å². The van der Waals surface area contributed by atoms with E-state index in [9.17, 15) is 14.9 Å². The number of rotatable bonds is 5. The van der Waals surface area contributed by atoms with Crippen molar-refractivity contribution in [1.82, 2.24) is 19.8 Å². The number of hydrogen-bond donors (Lipinski definition) is 0. The Bertz CT molecular complexity index is 1610.